The van der Waals surface area contributed by atoms with E-state index in [1.54, 1.807) is 18.4 Å². The zero-order valence-electron chi connectivity index (χ0n) is 20.4. The summed E-state index contributed by atoms with van der Waals surface area (Å²) in [6.07, 6.45) is 2.20. The first-order valence-corrected chi connectivity index (χ1v) is 16.1. The molecule has 0 fully saturated rings. The number of aliphatic imine (C=N–C) groups is 1. The van der Waals surface area contributed by atoms with Gasteiger partial charge in [-0.3, -0.25) is 9.98 Å². The molecule has 1 aliphatic heterocycles. The number of pyridine rings is 1. The lowest BCUT2D eigenvalue weighted by molar-refractivity contribution is -0.0493. The van der Waals surface area contributed by atoms with Crippen LogP contribution in [-0.2, 0) is 15.0 Å². The normalized spacial score (nSPS) is 19.1. The van der Waals surface area contributed by atoms with Crippen molar-refractivity contribution in [2.24, 2.45) is 10.7 Å². The predicted molar refractivity (Wildman–Crippen MR) is 145 cm³/mol. The van der Waals surface area contributed by atoms with E-state index in [2.05, 4.69) is 29.6 Å². The van der Waals surface area contributed by atoms with Gasteiger partial charge in [0.15, 0.2) is 0 Å². The number of amides is 1. The van der Waals surface area contributed by atoms with E-state index in [1.807, 2.05) is 0 Å². The number of thioether (sulfide) groups is 1. The van der Waals surface area contributed by atoms with Gasteiger partial charge in [0, 0.05) is 26.4 Å². The van der Waals surface area contributed by atoms with Gasteiger partial charge < -0.3 is 15.2 Å². The Hall–Kier alpha value is -2.53. The number of rotatable bonds is 9. The van der Waals surface area contributed by atoms with E-state index >= 15 is 0 Å². The zero-order valence-corrected chi connectivity index (χ0v) is 23.0. The summed E-state index contributed by atoms with van der Waals surface area (Å²) in [4.78, 5) is 20.1. The van der Waals surface area contributed by atoms with E-state index < -0.39 is 37.6 Å². The van der Waals surface area contributed by atoms with Crippen LogP contribution in [0.4, 0.5) is 13.6 Å². The first-order chi connectivity index (χ1) is 16.9. The van der Waals surface area contributed by atoms with Crippen molar-refractivity contribution >= 4 is 54.5 Å². The van der Waals surface area contributed by atoms with Crippen molar-refractivity contribution in [3.63, 3.8) is 0 Å². The Balaban J connectivity index is 1.92. The molecule has 2 unspecified atom stereocenters. The maximum atomic E-state index is 15.0. The Morgan fingerprint density at radius 1 is 1.31 bits per heavy atom. The summed E-state index contributed by atoms with van der Waals surface area (Å²) < 4.78 is 40.7. The highest BCUT2D eigenvalue weighted by Crippen LogP contribution is 2.37. The number of hydrogen-bond acceptors (Lipinski definition) is 6. The van der Waals surface area contributed by atoms with Crippen LogP contribution in [0.25, 0.3) is 11.9 Å². The maximum absolute atomic E-state index is 15.0. The van der Waals surface area contributed by atoms with Gasteiger partial charge in [-0.1, -0.05) is 49.1 Å². The van der Waals surface area contributed by atoms with Crippen LogP contribution in [0.5, 0.6) is 0 Å². The zero-order chi connectivity index (χ0) is 26.5. The van der Waals surface area contributed by atoms with Crippen molar-refractivity contribution in [3.8, 4) is 0 Å². The molecule has 6 nitrogen and oxygen atoms in total. The number of benzene rings is 1. The fourth-order valence-corrected chi connectivity index (χ4v) is 5.06. The number of ether oxygens (including phenoxy) is 2. The molecule has 2 atom stereocenters. The van der Waals surface area contributed by atoms with Crippen LogP contribution in [-0.4, -0.2) is 37.1 Å². The van der Waals surface area contributed by atoms with Crippen LogP contribution in [0.3, 0.4) is 0 Å². The van der Waals surface area contributed by atoms with Crippen LogP contribution in [0.2, 0.25) is 30.7 Å². The van der Waals surface area contributed by atoms with Gasteiger partial charge >= 0.3 is 6.09 Å². The topological polar surface area (TPSA) is 86.8 Å². The number of nitrogens with two attached hydrogens (primary N) is 1. The number of aromatic nitrogens is 1. The number of hydrogen-bond donors (Lipinski definition) is 1. The molecule has 36 heavy (non-hydrogen) atoms. The highest BCUT2D eigenvalue weighted by molar-refractivity contribution is 8.16. The largest absolute Gasteiger partial charge is 0.413 e. The number of halogens is 3. The fraction of sp³-hybridized carbons (Fsp3) is 0.320. The molecule has 3 rings (SSSR count). The molecule has 0 spiro atoms. The van der Waals surface area contributed by atoms with E-state index in [0.29, 0.717) is 22.2 Å². The minimum Gasteiger partial charge on any atom is -0.413 e. The van der Waals surface area contributed by atoms with Gasteiger partial charge in [0.05, 0.1) is 10.7 Å². The van der Waals surface area contributed by atoms with Crippen molar-refractivity contribution < 1.29 is 23.0 Å². The molecule has 0 saturated carbocycles. The van der Waals surface area contributed by atoms with Crippen LogP contribution >= 0.6 is 23.4 Å². The van der Waals surface area contributed by atoms with Gasteiger partial charge in [-0.05, 0) is 60.4 Å². The Bertz CT molecular complexity index is 1200. The molecule has 1 amide bonds. The van der Waals surface area contributed by atoms with E-state index in [1.165, 1.54) is 54.4 Å². The molecule has 1 aliphatic rings. The molecule has 11 heteroatoms. The lowest BCUT2D eigenvalue weighted by Gasteiger charge is -2.29. The van der Waals surface area contributed by atoms with E-state index in [0.717, 1.165) is 6.04 Å². The van der Waals surface area contributed by atoms with Gasteiger partial charge in [0.25, 0.3) is 6.29 Å². The van der Waals surface area contributed by atoms with Crippen LogP contribution < -0.4 is 5.73 Å². The summed E-state index contributed by atoms with van der Waals surface area (Å²) >= 11 is 7.01. The molecule has 1 aromatic heterocycles. The Morgan fingerprint density at radius 3 is 2.69 bits per heavy atom. The second kappa shape index (κ2) is 11.7. The average molecular weight is 552 g/mol. The summed E-state index contributed by atoms with van der Waals surface area (Å²) in [5, 5.41) is 2.44. The van der Waals surface area contributed by atoms with Gasteiger partial charge in [-0.15, -0.1) is 0 Å². The molecule has 0 bridgehead atoms. The molecule has 192 valence electrons. The molecule has 0 saturated heterocycles. The second-order valence-electron chi connectivity index (χ2n) is 9.56. The van der Waals surface area contributed by atoms with Gasteiger partial charge in [-0.2, -0.15) is 0 Å². The minimum atomic E-state index is -1.40. The number of carbonyl (C=O) groups excluding carboxylic acids is 1. The molecule has 2 N–H and O–H groups in total. The number of carbonyl (C=O) groups is 1. The first kappa shape index (κ1) is 28.0. The van der Waals surface area contributed by atoms with Gasteiger partial charge in [0.2, 0.25) is 0 Å². The first-order valence-electron chi connectivity index (χ1n) is 11.2. The monoisotopic (exact) mass is 551 g/mol. The third-order valence-electron chi connectivity index (χ3n) is 5.27. The predicted octanol–water partition coefficient (Wildman–Crippen LogP) is 6.99. The maximum Gasteiger partial charge on any atom is 0.407 e. The van der Waals surface area contributed by atoms with Gasteiger partial charge in [-0.25, -0.2) is 13.6 Å². The van der Waals surface area contributed by atoms with Crippen molar-refractivity contribution in [1.82, 2.24) is 4.98 Å². The summed E-state index contributed by atoms with van der Waals surface area (Å²) in [6, 6.07) is 8.06. The highest BCUT2D eigenvalue weighted by Gasteiger charge is 2.33. The summed E-state index contributed by atoms with van der Waals surface area (Å²) in [5.41, 5.74) is 4.82. The van der Waals surface area contributed by atoms with E-state index in [-0.39, 0.29) is 11.3 Å². The van der Waals surface area contributed by atoms with Gasteiger partial charge in [0.1, 0.15) is 22.2 Å². The second-order valence-corrected chi connectivity index (χ2v) is 16.5. The molecule has 2 heterocycles. The Kier molecular flexibility index (Phi) is 9.10. The molecule has 0 aliphatic carbocycles. The molecular formula is C25H28ClF2N3O3SSi. The standard InChI is InChI=1S/C25H28ClF2N3O3SSi/c1-25(9-11-35-22(31-25)23(34-24(29)32)33-10-12-36(2,3)4)18-13-16(5-7-19(18)27)14-20(28)21-8-6-17(26)15-30-21/h5-9,11,13-15,23H,10,12H2,1-4H3,(H2,29,32). The summed E-state index contributed by atoms with van der Waals surface area (Å²) in [7, 11) is -1.40. The molecule has 1 aromatic carbocycles. The van der Waals surface area contributed by atoms with Crippen LogP contribution in [0.1, 0.15) is 23.7 Å². The number of primary amides is 1. The Labute approximate surface area is 219 Å². The van der Waals surface area contributed by atoms with E-state index in [9.17, 15) is 13.6 Å². The van der Waals surface area contributed by atoms with Crippen LogP contribution in [0.15, 0.2) is 53.0 Å². The average Bonchev–Trinajstić information content (AvgIpc) is 2.79. The van der Waals surface area contributed by atoms with Crippen molar-refractivity contribution in [2.75, 3.05) is 6.61 Å². The highest BCUT2D eigenvalue weighted by atomic mass is 35.5. The summed E-state index contributed by atoms with van der Waals surface area (Å²) in [5.74, 6) is -1.12. The quantitative estimate of drug-likeness (QED) is 0.268. The fourth-order valence-electron chi connectivity index (χ4n) is 3.28. The lowest BCUT2D eigenvalue weighted by atomic mass is 9.90. The minimum absolute atomic E-state index is 0.104. The third kappa shape index (κ3) is 7.73. The molecule has 0 radical (unpaired) electrons. The summed E-state index contributed by atoms with van der Waals surface area (Å²) in [6.45, 7) is 8.66. The van der Waals surface area contributed by atoms with Crippen LogP contribution in [0, 0.1) is 5.82 Å². The SMILES string of the molecule is CC1(c2cc(C=C(F)c3ccc(Cl)cn3)ccc2F)C=CSC(C(OCC[Si](C)(C)C)OC(N)=O)=N1. The van der Waals surface area contributed by atoms with E-state index in [4.69, 9.17) is 26.8 Å². The van der Waals surface area contributed by atoms with Crippen molar-refractivity contribution in [1.29, 1.82) is 0 Å². The number of nitrogens with zero attached hydrogens (tertiary/aromatic N) is 2. The molecule has 2 aromatic rings. The molecular weight excluding hydrogens is 524 g/mol. The Morgan fingerprint density at radius 2 is 2.06 bits per heavy atom. The smallest absolute Gasteiger partial charge is 0.407 e. The third-order valence-corrected chi connectivity index (χ3v) is 8.00. The van der Waals surface area contributed by atoms with Crippen molar-refractivity contribution in [2.45, 2.75) is 44.4 Å². The van der Waals surface area contributed by atoms with Crippen molar-refractivity contribution in [3.05, 3.63) is 75.7 Å². The lowest BCUT2D eigenvalue weighted by Crippen LogP contribution is -2.35.